The average Bonchev–Trinajstić information content (AvgIpc) is 2.72. The highest BCUT2D eigenvalue weighted by atomic mass is 16.5. The number of carbonyl (C=O) groups is 2. The molecule has 6 heteroatoms. The van der Waals surface area contributed by atoms with Gasteiger partial charge in [0.1, 0.15) is 11.5 Å². The van der Waals surface area contributed by atoms with Gasteiger partial charge in [0.15, 0.2) is 0 Å². The van der Waals surface area contributed by atoms with Gasteiger partial charge in [0.2, 0.25) is 0 Å². The first-order chi connectivity index (χ1) is 14.3. The van der Waals surface area contributed by atoms with Crippen LogP contribution in [-0.2, 0) is 0 Å². The molecule has 30 heavy (non-hydrogen) atoms. The van der Waals surface area contributed by atoms with E-state index in [-0.39, 0.29) is 0 Å². The Balaban J connectivity index is 1.79. The lowest BCUT2D eigenvalue weighted by Crippen LogP contribution is -2.41. The summed E-state index contributed by atoms with van der Waals surface area (Å²) in [6.07, 6.45) is 1.94. The fourth-order valence-corrected chi connectivity index (χ4v) is 2.49. The highest BCUT2D eigenvalue weighted by Crippen LogP contribution is 2.14. The van der Waals surface area contributed by atoms with E-state index < -0.39 is 11.8 Å². The molecule has 0 heterocycles. The van der Waals surface area contributed by atoms with Gasteiger partial charge in [-0.25, -0.2) is 0 Å². The van der Waals surface area contributed by atoms with E-state index in [0.717, 1.165) is 12.8 Å². The third kappa shape index (κ3) is 8.15. The minimum Gasteiger partial charge on any atom is -0.494 e. The minimum absolute atomic E-state index is 0.397. The molecule has 2 aromatic rings. The maximum atomic E-state index is 12.2. The summed E-state index contributed by atoms with van der Waals surface area (Å²) < 4.78 is 11.3. The Bertz CT molecular complexity index is 729. The fourth-order valence-electron chi connectivity index (χ4n) is 2.49. The largest absolute Gasteiger partial charge is 0.494 e. The molecule has 0 saturated carbocycles. The first kappa shape index (κ1) is 23.3. The molecule has 0 radical (unpaired) electrons. The summed E-state index contributed by atoms with van der Waals surface area (Å²) in [6, 6.07) is 13.6. The second-order valence-corrected chi connectivity index (χ2v) is 8.02. The number of hydrogen-bond acceptors (Lipinski definition) is 4. The maximum absolute atomic E-state index is 12.2. The van der Waals surface area contributed by atoms with Crippen molar-refractivity contribution in [2.75, 3.05) is 13.2 Å². The van der Waals surface area contributed by atoms with Crippen LogP contribution in [0.5, 0.6) is 11.5 Å². The van der Waals surface area contributed by atoms with Crippen molar-refractivity contribution >= 4 is 11.8 Å². The smallest absolute Gasteiger partial charge is 0.269 e. The summed E-state index contributed by atoms with van der Waals surface area (Å²) in [5.74, 6) is 1.79. The Morgan fingerprint density at radius 2 is 1.00 bits per heavy atom. The predicted octanol–water partition coefficient (Wildman–Crippen LogP) is 4.61. The Labute approximate surface area is 178 Å². The molecular formula is C24H32N2O4. The highest BCUT2D eigenvalue weighted by Gasteiger charge is 2.10. The summed E-state index contributed by atoms with van der Waals surface area (Å²) in [5, 5.41) is 0. The third-order valence-electron chi connectivity index (χ3n) is 4.45. The van der Waals surface area contributed by atoms with Crippen molar-refractivity contribution in [2.45, 2.75) is 40.5 Å². The van der Waals surface area contributed by atoms with Gasteiger partial charge in [-0.3, -0.25) is 20.4 Å². The molecule has 0 fully saturated rings. The van der Waals surface area contributed by atoms with E-state index in [1.807, 2.05) is 0 Å². The molecule has 0 atom stereocenters. The van der Waals surface area contributed by atoms with Crippen LogP contribution < -0.4 is 20.3 Å². The van der Waals surface area contributed by atoms with E-state index in [9.17, 15) is 9.59 Å². The van der Waals surface area contributed by atoms with Gasteiger partial charge in [-0.1, -0.05) is 27.7 Å². The number of hydrazine groups is 1. The number of rotatable bonds is 10. The molecule has 6 nitrogen and oxygen atoms in total. The Morgan fingerprint density at radius 1 is 0.667 bits per heavy atom. The number of ether oxygens (including phenoxy) is 2. The van der Waals surface area contributed by atoms with Gasteiger partial charge in [0, 0.05) is 11.1 Å². The zero-order valence-electron chi connectivity index (χ0n) is 18.2. The van der Waals surface area contributed by atoms with Crippen molar-refractivity contribution in [2.24, 2.45) is 11.8 Å². The van der Waals surface area contributed by atoms with Crippen LogP contribution in [0.15, 0.2) is 48.5 Å². The molecule has 0 unspecified atom stereocenters. The second kappa shape index (κ2) is 11.9. The van der Waals surface area contributed by atoms with Crippen LogP contribution in [0.1, 0.15) is 61.3 Å². The Morgan fingerprint density at radius 3 is 1.30 bits per heavy atom. The quantitative estimate of drug-likeness (QED) is 0.559. The molecule has 162 valence electrons. The molecule has 2 amide bonds. The van der Waals surface area contributed by atoms with E-state index in [1.54, 1.807) is 48.5 Å². The molecule has 2 N–H and O–H groups in total. The second-order valence-electron chi connectivity index (χ2n) is 8.02. The summed E-state index contributed by atoms with van der Waals surface area (Å²) in [6.45, 7) is 9.84. The molecule has 0 aliphatic heterocycles. The van der Waals surface area contributed by atoms with Crippen LogP contribution in [-0.4, -0.2) is 25.0 Å². The van der Waals surface area contributed by atoms with Gasteiger partial charge in [-0.15, -0.1) is 0 Å². The fraction of sp³-hybridized carbons (Fsp3) is 0.417. The van der Waals surface area contributed by atoms with Crippen molar-refractivity contribution in [1.29, 1.82) is 0 Å². The summed E-state index contributed by atoms with van der Waals surface area (Å²) in [5.41, 5.74) is 5.71. The van der Waals surface area contributed by atoms with E-state index in [2.05, 4.69) is 38.5 Å². The van der Waals surface area contributed by atoms with E-state index in [0.29, 0.717) is 47.7 Å². The first-order valence-electron chi connectivity index (χ1n) is 10.4. The minimum atomic E-state index is -0.397. The number of benzene rings is 2. The van der Waals surface area contributed by atoms with E-state index >= 15 is 0 Å². The zero-order valence-corrected chi connectivity index (χ0v) is 18.2. The van der Waals surface area contributed by atoms with Gasteiger partial charge in [-0.05, 0) is 73.2 Å². The third-order valence-corrected chi connectivity index (χ3v) is 4.45. The number of amides is 2. The normalized spacial score (nSPS) is 10.7. The molecule has 2 aromatic carbocycles. The van der Waals surface area contributed by atoms with Crippen molar-refractivity contribution in [3.8, 4) is 11.5 Å². The summed E-state index contributed by atoms with van der Waals surface area (Å²) >= 11 is 0. The van der Waals surface area contributed by atoms with Crippen LogP contribution in [0.25, 0.3) is 0 Å². The molecule has 0 bridgehead atoms. The zero-order chi connectivity index (χ0) is 21.9. The predicted molar refractivity (Wildman–Crippen MR) is 118 cm³/mol. The van der Waals surface area contributed by atoms with Gasteiger partial charge in [0.05, 0.1) is 13.2 Å². The number of hydrogen-bond donors (Lipinski definition) is 2. The monoisotopic (exact) mass is 412 g/mol. The van der Waals surface area contributed by atoms with Crippen molar-refractivity contribution in [1.82, 2.24) is 10.9 Å². The number of nitrogens with one attached hydrogen (secondary N) is 2. The van der Waals surface area contributed by atoms with E-state index in [1.165, 1.54) is 0 Å². The topological polar surface area (TPSA) is 76.7 Å². The Hall–Kier alpha value is -3.02. The van der Waals surface area contributed by atoms with E-state index in [4.69, 9.17) is 9.47 Å². The van der Waals surface area contributed by atoms with Gasteiger partial charge < -0.3 is 9.47 Å². The first-order valence-corrected chi connectivity index (χ1v) is 10.4. The lowest BCUT2D eigenvalue weighted by molar-refractivity contribution is 0.0846. The van der Waals surface area contributed by atoms with Crippen LogP contribution in [0.4, 0.5) is 0 Å². The molecule has 0 aromatic heterocycles. The van der Waals surface area contributed by atoms with Crippen molar-refractivity contribution in [3.63, 3.8) is 0 Å². The maximum Gasteiger partial charge on any atom is 0.269 e. The lowest BCUT2D eigenvalue weighted by atomic mass is 10.1. The van der Waals surface area contributed by atoms with Crippen LogP contribution in [0, 0.1) is 11.8 Å². The molecular weight excluding hydrogens is 380 g/mol. The molecule has 0 aliphatic rings. The molecule has 0 aliphatic carbocycles. The highest BCUT2D eigenvalue weighted by molar-refractivity contribution is 5.99. The number of carbonyl (C=O) groups excluding carboxylic acids is 2. The van der Waals surface area contributed by atoms with Crippen LogP contribution in [0.3, 0.4) is 0 Å². The molecule has 0 spiro atoms. The molecule has 2 rings (SSSR count). The van der Waals surface area contributed by atoms with Crippen LogP contribution >= 0.6 is 0 Å². The van der Waals surface area contributed by atoms with Crippen molar-refractivity contribution in [3.05, 3.63) is 59.7 Å². The summed E-state index contributed by atoms with van der Waals surface area (Å²) in [4.78, 5) is 24.5. The Kier molecular flexibility index (Phi) is 9.19. The van der Waals surface area contributed by atoms with Crippen molar-refractivity contribution < 1.29 is 19.1 Å². The van der Waals surface area contributed by atoms with Gasteiger partial charge in [0.25, 0.3) is 11.8 Å². The lowest BCUT2D eigenvalue weighted by Gasteiger charge is -2.10. The van der Waals surface area contributed by atoms with Gasteiger partial charge >= 0.3 is 0 Å². The van der Waals surface area contributed by atoms with Crippen LogP contribution in [0.2, 0.25) is 0 Å². The molecule has 0 saturated heterocycles. The standard InChI is InChI=1S/C24H32N2O4/c1-17(2)13-15-29-21-9-5-19(6-10-21)23(27)25-26-24(28)20-7-11-22(12-8-20)30-16-14-18(3)4/h5-12,17-18H,13-16H2,1-4H3,(H,25,27)(H,26,28). The average molecular weight is 413 g/mol. The van der Waals surface area contributed by atoms with Gasteiger partial charge in [-0.2, -0.15) is 0 Å². The summed E-state index contributed by atoms with van der Waals surface area (Å²) in [7, 11) is 0. The SMILES string of the molecule is CC(C)CCOc1ccc(C(=O)NNC(=O)c2ccc(OCCC(C)C)cc2)cc1.